The number of benzene rings is 1. The van der Waals surface area contributed by atoms with Gasteiger partial charge in [-0.25, -0.2) is 4.98 Å². The third kappa shape index (κ3) is 2.98. The van der Waals surface area contributed by atoms with Gasteiger partial charge in [0.2, 0.25) is 0 Å². The molecule has 130 valence electrons. The number of hydrogen-bond donors (Lipinski definition) is 1. The molecule has 3 aromatic rings. The molecular weight excluding hydrogens is 349 g/mol. The van der Waals surface area contributed by atoms with Gasteiger partial charge in [0.25, 0.3) is 0 Å². The van der Waals surface area contributed by atoms with Crippen molar-refractivity contribution in [3.05, 3.63) is 35.6 Å². The third-order valence-electron chi connectivity index (χ3n) is 4.04. The van der Waals surface area contributed by atoms with E-state index in [-0.39, 0.29) is 12.0 Å². The van der Waals surface area contributed by atoms with Gasteiger partial charge in [0.05, 0.1) is 24.1 Å². The van der Waals surface area contributed by atoms with Gasteiger partial charge in [-0.1, -0.05) is 11.6 Å². The van der Waals surface area contributed by atoms with Crippen LogP contribution in [0.3, 0.4) is 0 Å². The summed E-state index contributed by atoms with van der Waals surface area (Å²) in [5, 5.41) is 3.44. The van der Waals surface area contributed by atoms with E-state index in [0.717, 1.165) is 12.8 Å². The van der Waals surface area contributed by atoms with Crippen LogP contribution in [0.2, 0.25) is 5.02 Å². The van der Waals surface area contributed by atoms with Crippen molar-refractivity contribution in [1.29, 1.82) is 0 Å². The van der Waals surface area contributed by atoms with E-state index in [1.807, 2.05) is 0 Å². The predicted octanol–water partition coefficient (Wildman–Crippen LogP) is 3.68. The zero-order valence-corrected chi connectivity index (χ0v) is 14.1. The van der Waals surface area contributed by atoms with Crippen LogP contribution in [0.5, 0.6) is 5.75 Å². The standard InChI is InChI=1S/C16H15ClFN5O2/c1-24-9-4-5-11(10(17)7-9)20-14-13-15(22-16(18)21-14)23(8-19-13)12-3-2-6-25-12/h4-5,7-8,12H,2-3,6H2,1H3,(H,20,21,22). The highest BCUT2D eigenvalue weighted by Crippen LogP contribution is 2.32. The Bertz CT molecular complexity index is 926. The molecule has 0 amide bonds. The first-order chi connectivity index (χ1) is 12.2. The van der Waals surface area contributed by atoms with E-state index in [1.165, 1.54) is 0 Å². The van der Waals surface area contributed by atoms with Gasteiger partial charge in [-0.2, -0.15) is 14.4 Å². The maximum atomic E-state index is 14.0. The van der Waals surface area contributed by atoms with Gasteiger partial charge >= 0.3 is 6.08 Å². The second kappa shape index (κ2) is 6.45. The first-order valence-corrected chi connectivity index (χ1v) is 8.16. The molecule has 1 saturated heterocycles. The molecule has 0 bridgehead atoms. The molecule has 1 N–H and O–H groups in total. The Morgan fingerprint density at radius 1 is 1.40 bits per heavy atom. The monoisotopic (exact) mass is 363 g/mol. The maximum absolute atomic E-state index is 14.0. The molecule has 7 nitrogen and oxygen atoms in total. The number of hydrogen-bond acceptors (Lipinski definition) is 6. The molecule has 1 atom stereocenters. The summed E-state index contributed by atoms with van der Waals surface area (Å²) in [4.78, 5) is 12.0. The van der Waals surface area contributed by atoms with E-state index in [4.69, 9.17) is 21.1 Å². The summed E-state index contributed by atoms with van der Waals surface area (Å²) < 4.78 is 26.5. The number of halogens is 2. The van der Waals surface area contributed by atoms with E-state index in [2.05, 4.69) is 20.3 Å². The minimum absolute atomic E-state index is 0.184. The number of anilines is 2. The van der Waals surface area contributed by atoms with Gasteiger partial charge in [0, 0.05) is 12.7 Å². The Hall–Kier alpha value is -2.45. The number of methoxy groups -OCH3 is 1. The van der Waals surface area contributed by atoms with Crippen LogP contribution in [0.4, 0.5) is 15.9 Å². The molecule has 0 radical (unpaired) electrons. The lowest BCUT2D eigenvalue weighted by molar-refractivity contribution is 0.0592. The van der Waals surface area contributed by atoms with Gasteiger partial charge in [-0.3, -0.25) is 4.57 Å². The van der Waals surface area contributed by atoms with Crippen molar-refractivity contribution in [2.24, 2.45) is 0 Å². The van der Waals surface area contributed by atoms with Crippen molar-refractivity contribution < 1.29 is 13.9 Å². The van der Waals surface area contributed by atoms with Gasteiger partial charge in [0.1, 0.15) is 12.0 Å². The number of nitrogens with one attached hydrogen (secondary N) is 1. The molecular formula is C16H15ClFN5O2. The van der Waals surface area contributed by atoms with Gasteiger partial charge < -0.3 is 14.8 Å². The second-order valence-corrected chi connectivity index (χ2v) is 6.01. The average Bonchev–Trinajstić information content (AvgIpc) is 3.25. The van der Waals surface area contributed by atoms with Crippen molar-refractivity contribution in [3.63, 3.8) is 0 Å². The first-order valence-electron chi connectivity index (χ1n) is 7.78. The molecule has 1 aromatic carbocycles. The van der Waals surface area contributed by atoms with Crippen LogP contribution in [-0.4, -0.2) is 33.2 Å². The third-order valence-corrected chi connectivity index (χ3v) is 4.35. The van der Waals surface area contributed by atoms with E-state index < -0.39 is 6.08 Å². The molecule has 4 rings (SSSR count). The molecule has 0 saturated carbocycles. The fourth-order valence-electron chi connectivity index (χ4n) is 2.82. The summed E-state index contributed by atoms with van der Waals surface area (Å²) in [6, 6.07) is 5.13. The van der Waals surface area contributed by atoms with Crippen LogP contribution in [-0.2, 0) is 4.74 Å². The zero-order valence-electron chi connectivity index (χ0n) is 13.4. The Kier molecular flexibility index (Phi) is 4.14. The molecule has 25 heavy (non-hydrogen) atoms. The van der Waals surface area contributed by atoms with Crippen LogP contribution < -0.4 is 10.1 Å². The topological polar surface area (TPSA) is 74.1 Å². The summed E-state index contributed by atoms with van der Waals surface area (Å²) in [5.41, 5.74) is 1.39. The average molecular weight is 364 g/mol. The van der Waals surface area contributed by atoms with E-state index in [0.29, 0.717) is 34.2 Å². The minimum Gasteiger partial charge on any atom is -0.497 e. The van der Waals surface area contributed by atoms with Crippen molar-refractivity contribution in [1.82, 2.24) is 19.5 Å². The summed E-state index contributed by atoms with van der Waals surface area (Å²) in [6.45, 7) is 0.671. The highest BCUT2D eigenvalue weighted by molar-refractivity contribution is 6.33. The minimum atomic E-state index is -0.848. The van der Waals surface area contributed by atoms with Crippen molar-refractivity contribution >= 4 is 34.3 Å². The van der Waals surface area contributed by atoms with Crippen LogP contribution in [0.25, 0.3) is 11.2 Å². The fourth-order valence-corrected chi connectivity index (χ4v) is 3.04. The molecule has 1 unspecified atom stereocenters. The van der Waals surface area contributed by atoms with Crippen molar-refractivity contribution in [3.8, 4) is 5.75 Å². The Morgan fingerprint density at radius 2 is 2.28 bits per heavy atom. The van der Waals surface area contributed by atoms with Crippen LogP contribution in [0.1, 0.15) is 19.1 Å². The molecule has 3 heterocycles. The highest BCUT2D eigenvalue weighted by atomic mass is 35.5. The SMILES string of the molecule is COc1ccc(Nc2nc(F)nc3c2ncn3C2CCCO2)c(Cl)c1. The molecule has 2 aromatic heterocycles. The predicted molar refractivity (Wildman–Crippen MR) is 90.8 cm³/mol. The molecule has 1 fully saturated rings. The smallest absolute Gasteiger partial charge is 0.312 e. The molecule has 1 aliphatic heterocycles. The summed E-state index contributed by atoms with van der Waals surface area (Å²) in [6.07, 6.45) is 2.35. The van der Waals surface area contributed by atoms with Crippen molar-refractivity contribution in [2.45, 2.75) is 19.1 Å². The summed E-state index contributed by atoms with van der Waals surface area (Å²) >= 11 is 6.23. The number of aromatic nitrogens is 4. The molecule has 0 aliphatic carbocycles. The number of nitrogens with zero attached hydrogens (tertiary/aromatic N) is 4. The first kappa shape index (κ1) is 16.0. The quantitative estimate of drug-likeness (QED) is 0.713. The Labute approximate surface area is 147 Å². The largest absolute Gasteiger partial charge is 0.497 e. The van der Waals surface area contributed by atoms with Gasteiger partial charge in [0.15, 0.2) is 17.0 Å². The molecule has 9 heteroatoms. The highest BCUT2D eigenvalue weighted by Gasteiger charge is 2.22. The molecule has 0 spiro atoms. The maximum Gasteiger partial charge on any atom is 0.312 e. The summed E-state index contributed by atoms with van der Waals surface area (Å²) in [5.74, 6) is 0.864. The lowest BCUT2D eigenvalue weighted by Gasteiger charge is -2.12. The van der Waals surface area contributed by atoms with Gasteiger partial charge in [-0.15, -0.1) is 0 Å². The number of imidazole rings is 1. The van der Waals surface area contributed by atoms with E-state index >= 15 is 0 Å². The normalized spacial score (nSPS) is 17.2. The van der Waals surface area contributed by atoms with Crippen molar-refractivity contribution in [2.75, 3.05) is 19.0 Å². The lowest BCUT2D eigenvalue weighted by Crippen LogP contribution is -2.08. The van der Waals surface area contributed by atoms with Gasteiger partial charge in [-0.05, 0) is 25.0 Å². The van der Waals surface area contributed by atoms with Crippen LogP contribution in [0.15, 0.2) is 24.5 Å². The second-order valence-electron chi connectivity index (χ2n) is 5.60. The Morgan fingerprint density at radius 3 is 3.00 bits per heavy atom. The summed E-state index contributed by atoms with van der Waals surface area (Å²) in [7, 11) is 1.56. The lowest BCUT2D eigenvalue weighted by atomic mass is 10.3. The van der Waals surface area contributed by atoms with Crippen LogP contribution >= 0.6 is 11.6 Å². The van der Waals surface area contributed by atoms with Crippen LogP contribution in [0, 0.1) is 6.08 Å². The zero-order chi connectivity index (χ0) is 17.4. The van der Waals surface area contributed by atoms with E-state index in [9.17, 15) is 4.39 Å². The molecule has 1 aliphatic rings. The number of fused-ring (bicyclic) bond motifs is 1. The number of rotatable bonds is 4. The number of ether oxygens (including phenoxy) is 2. The Balaban J connectivity index is 1.74. The van der Waals surface area contributed by atoms with E-state index in [1.54, 1.807) is 36.2 Å². The fraction of sp³-hybridized carbons (Fsp3) is 0.312.